The number of hydrogen-bond donors (Lipinski definition) is 1. The summed E-state index contributed by atoms with van der Waals surface area (Å²) < 4.78 is 7.84. The number of Topliss-reactive ketones (excluding diaryl/α,β-unsaturated/α-hetero) is 1. The lowest BCUT2D eigenvalue weighted by atomic mass is 9.80. The van der Waals surface area contributed by atoms with Crippen molar-refractivity contribution in [3.05, 3.63) is 100 Å². The molecule has 158 valence electrons. The largest absolute Gasteiger partial charge is 0.457 e. The van der Waals surface area contributed by atoms with E-state index in [2.05, 4.69) is 26.8 Å². The number of allylic oxidation sites excluding steroid dienone is 2. The van der Waals surface area contributed by atoms with Gasteiger partial charge in [-0.3, -0.25) is 4.79 Å². The minimum Gasteiger partial charge on any atom is -0.457 e. The third kappa shape index (κ3) is 3.31. The van der Waals surface area contributed by atoms with E-state index in [1.54, 1.807) is 16.0 Å². The fourth-order valence-electron chi connectivity index (χ4n) is 4.56. The SMILES string of the molecule is O=C1CC(c2cccs2)CC2=C1C(c1cccc(Oc3ccccc3)c1)n1ncnc1N2. The summed E-state index contributed by atoms with van der Waals surface area (Å²) in [5.74, 6) is 2.48. The Balaban J connectivity index is 1.40. The van der Waals surface area contributed by atoms with E-state index in [1.165, 1.54) is 11.2 Å². The van der Waals surface area contributed by atoms with Gasteiger partial charge < -0.3 is 10.1 Å². The van der Waals surface area contributed by atoms with Gasteiger partial charge in [-0.25, -0.2) is 4.68 Å². The zero-order valence-corrected chi connectivity index (χ0v) is 18.0. The average Bonchev–Trinajstić information content (AvgIpc) is 3.51. The van der Waals surface area contributed by atoms with Crippen LogP contribution in [-0.4, -0.2) is 20.5 Å². The molecule has 0 spiro atoms. The molecule has 2 aliphatic rings. The van der Waals surface area contributed by atoms with E-state index in [4.69, 9.17) is 4.74 Å². The van der Waals surface area contributed by atoms with Gasteiger partial charge in [-0.1, -0.05) is 36.4 Å². The topological polar surface area (TPSA) is 69.0 Å². The molecule has 3 heterocycles. The molecule has 0 saturated heterocycles. The molecule has 0 amide bonds. The van der Waals surface area contributed by atoms with Crippen molar-refractivity contribution >= 4 is 23.1 Å². The standard InChI is InChI=1S/C25H20N4O2S/c30-21-14-17(22-10-5-11-32-22)13-20-23(21)24(29-25(28-20)26-15-27-29)16-6-4-9-19(12-16)31-18-7-2-1-3-8-18/h1-12,15,17,24H,13-14H2,(H,26,27,28). The van der Waals surface area contributed by atoms with Gasteiger partial charge in [-0.2, -0.15) is 10.1 Å². The van der Waals surface area contributed by atoms with E-state index in [0.29, 0.717) is 12.4 Å². The second kappa shape index (κ2) is 7.76. The molecule has 1 aliphatic heterocycles. The van der Waals surface area contributed by atoms with Crippen LogP contribution < -0.4 is 10.1 Å². The number of carbonyl (C=O) groups excluding carboxylic acids is 1. The van der Waals surface area contributed by atoms with Crippen molar-refractivity contribution < 1.29 is 9.53 Å². The van der Waals surface area contributed by atoms with Crippen molar-refractivity contribution in [3.63, 3.8) is 0 Å². The lowest BCUT2D eigenvalue weighted by Gasteiger charge is -2.34. The molecule has 32 heavy (non-hydrogen) atoms. The summed E-state index contributed by atoms with van der Waals surface area (Å²) in [4.78, 5) is 19.1. The van der Waals surface area contributed by atoms with Crippen molar-refractivity contribution in [2.45, 2.75) is 24.8 Å². The van der Waals surface area contributed by atoms with E-state index in [9.17, 15) is 4.79 Å². The Morgan fingerprint density at radius 2 is 1.88 bits per heavy atom. The van der Waals surface area contributed by atoms with Gasteiger partial charge in [0.25, 0.3) is 0 Å². The van der Waals surface area contributed by atoms with Crippen LogP contribution in [0.3, 0.4) is 0 Å². The molecular formula is C25H20N4O2S. The molecule has 0 radical (unpaired) electrons. The highest BCUT2D eigenvalue weighted by atomic mass is 32.1. The number of anilines is 1. The number of nitrogens with zero attached hydrogens (tertiary/aromatic N) is 3. The summed E-state index contributed by atoms with van der Waals surface area (Å²) in [6.07, 6.45) is 2.81. The van der Waals surface area contributed by atoms with Gasteiger partial charge in [0.05, 0.1) is 0 Å². The number of para-hydroxylation sites is 1. The maximum Gasteiger partial charge on any atom is 0.226 e. The second-order valence-electron chi connectivity index (χ2n) is 7.98. The maximum absolute atomic E-state index is 13.4. The van der Waals surface area contributed by atoms with Gasteiger partial charge in [-0.15, -0.1) is 11.3 Å². The van der Waals surface area contributed by atoms with Crippen LogP contribution in [0.15, 0.2) is 89.7 Å². The zero-order chi connectivity index (χ0) is 21.5. The van der Waals surface area contributed by atoms with Gasteiger partial charge >= 0.3 is 0 Å². The number of ether oxygens (including phenoxy) is 1. The van der Waals surface area contributed by atoms with Crippen molar-refractivity contribution in [2.75, 3.05) is 5.32 Å². The molecule has 1 N–H and O–H groups in total. The van der Waals surface area contributed by atoms with Crippen LogP contribution in [0.4, 0.5) is 5.95 Å². The van der Waals surface area contributed by atoms with Gasteiger partial charge in [0, 0.05) is 28.5 Å². The first-order valence-electron chi connectivity index (χ1n) is 10.6. The van der Waals surface area contributed by atoms with E-state index in [1.807, 2.05) is 60.7 Å². The van der Waals surface area contributed by atoms with Crippen molar-refractivity contribution in [3.8, 4) is 11.5 Å². The zero-order valence-electron chi connectivity index (χ0n) is 17.1. The van der Waals surface area contributed by atoms with Gasteiger partial charge in [0.15, 0.2) is 5.78 Å². The molecule has 4 aromatic rings. The Bertz CT molecular complexity index is 1310. The maximum atomic E-state index is 13.4. The highest BCUT2D eigenvalue weighted by molar-refractivity contribution is 7.10. The summed E-state index contributed by atoms with van der Waals surface area (Å²) in [7, 11) is 0. The molecule has 2 unspecified atom stereocenters. The van der Waals surface area contributed by atoms with Crippen LogP contribution in [0.1, 0.15) is 35.2 Å². The molecule has 2 aromatic heterocycles. The highest BCUT2D eigenvalue weighted by Gasteiger charge is 2.39. The molecular weight excluding hydrogens is 420 g/mol. The number of fused-ring (bicyclic) bond motifs is 1. The summed E-state index contributed by atoms with van der Waals surface area (Å²) in [6.45, 7) is 0. The number of aromatic nitrogens is 3. The first-order chi connectivity index (χ1) is 15.8. The molecule has 1 aliphatic carbocycles. The number of nitrogens with one attached hydrogen (secondary N) is 1. The highest BCUT2D eigenvalue weighted by Crippen LogP contribution is 2.45. The Morgan fingerprint density at radius 3 is 2.72 bits per heavy atom. The van der Waals surface area contributed by atoms with Crippen LogP contribution in [0.5, 0.6) is 11.5 Å². The third-order valence-corrected chi connectivity index (χ3v) is 6.99. The Labute approximate surface area is 189 Å². The molecule has 6 rings (SSSR count). The lowest BCUT2D eigenvalue weighted by Crippen LogP contribution is -2.33. The minimum atomic E-state index is -0.333. The van der Waals surface area contributed by atoms with Crippen LogP contribution in [0.2, 0.25) is 0 Å². The van der Waals surface area contributed by atoms with E-state index >= 15 is 0 Å². The molecule has 0 bridgehead atoms. The normalized spacial score (nSPS) is 19.8. The number of ketones is 1. The van der Waals surface area contributed by atoms with Gasteiger partial charge in [0.2, 0.25) is 5.95 Å². The number of carbonyl (C=O) groups is 1. The van der Waals surface area contributed by atoms with Crippen LogP contribution in [0, 0.1) is 0 Å². The molecule has 7 heteroatoms. The molecule has 6 nitrogen and oxygen atoms in total. The summed E-state index contributed by atoms with van der Waals surface area (Å²) >= 11 is 1.71. The molecule has 2 atom stereocenters. The van der Waals surface area contributed by atoms with Crippen LogP contribution in [-0.2, 0) is 4.79 Å². The predicted molar refractivity (Wildman–Crippen MR) is 123 cm³/mol. The Kier molecular flexibility index (Phi) is 4.61. The molecule has 2 aromatic carbocycles. The fourth-order valence-corrected chi connectivity index (χ4v) is 5.39. The Hall–Kier alpha value is -3.71. The number of thiophene rings is 1. The minimum absolute atomic E-state index is 0.151. The molecule has 0 fully saturated rings. The first kappa shape index (κ1) is 19.0. The number of rotatable bonds is 4. The monoisotopic (exact) mass is 440 g/mol. The number of hydrogen-bond acceptors (Lipinski definition) is 6. The van der Waals surface area contributed by atoms with E-state index in [0.717, 1.165) is 34.8 Å². The lowest BCUT2D eigenvalue weighted by molar-refractivity contribution is -0.116. The summed E-state index contributed by atoms with van der Waals surface area (Å²) in [5, 5.41) is 9.88. The van der Waals surface area contributed by atoms with Crippen molar-refractivity contribution in [1.29, 1.82) is 0 Å². The Morgan fingerprint density at radius 1 is 1.00 bits per heavy atom. The summed E-state index contributed by atoms with van der Waals surface area (Å²) in [6, 6.07) is 21.4. The van der Waals surface area contributed by atoms with Crippen LogP contribution >= 0.6 is 11.3 Å². The van der Waals surface area contributed by atoms with E-state index in [-0.39, 0.29) is 17.7 Å². The predicted octanol–water partition coefficient (Wildman–Crippen LogP) is 5.55. The number of benzene rings is 2. The second-order valence-corrected chi connectivity index (χ2v) is 8.96. The smallest absolute Gasteiger partial charge is 0.226 e. The van der Waals surface area contributed by atoms with Gasteiger partial charge in [-0.05, 0) is 47.7 Å². The van der Waals surface area contributed by atoms with Gasteiger partial charge in [0.1, 0.15) is 23.9 Å². The average molecular weight is 441 g/mol. The first-order valence-corrected chi connectivity index (χ1v) is 11.4. The van der Waals surface area contributed by atoms with Crippen molar-refractivity contribution in [1.82, 2.24) is 14.8 Å². The van der Waals surface area contributed by atoms with E-state index < -0.39 is 0 Å². The van der Waals surface area contributed by atoms with Crippen molar-refractivity contribution in [2.24, 2.45) is 0 Å². The summed E-state index contributed by atoms with van der Waals surface area (Å²) in [5.41, 5.74) is 2.66. The fraction of sp³-hybridized carbons (Fsp3) is 0.160. The quantitative estimate of drug-likeness (QED) is 0.451. The molecule has 0 saturated carbocycles. The third-order valence-electron chi connectivity index (χ3n) is 5.96. The van der Waals surface area contributed by atoms with Crippen LogP contribution in [0.25, 0.3) is 0 Å².